The number of nitrogens with zero attached hydrogens (tertiary/aromatic N) is 1. The van der Waals surface area contributed by atoms with E-state index in [-0.39, 0.29) is 30.1 Å². The molecule has 1 aliphatic rings. The topological polar surface area (TPSA) is 54.9 Å². The summed E-state index contributed by atoms with van der Waals surface area (Å²) in [6.45, 7) is 6.53. The molecule has 1 aromatic rings. The first-order valence-electron chi connectivity index (χ1n) is 8.54. The minimum atomic E-state index is -0.0230. The van der Waals surface area contributed by atoms with Gasteiger partial charge in [0, 0.05) is 13.1 Å². The molecule has 2 N–H and O–H groups in total. The predicted octanol–water partition coefficient (Wildman–Crippen LogP) is 3.44. The van der Waals surface area contributed by atoms with Gasteiger partial charge in [-0.1, -0.05) is 25.0 Å². The minimum absolute atomic E-state index is 0. The van der Waals surface area contributed by atoms with Gasteiger partial charge < -0.3 is 20.1 Å². The van der Waals surface area contributed by atoms with Gasteiger partial charge in [-0.2, -0.15) is 0 Å². The first-order chi connectivity index (χ1) is 11.2. The van der Waals surface area contributed by atoms with Gasteiger partial charge in [-0.05, 0) is 38.3 Å². The van der Waals surface area contributed by atoms with E-state index in [9.17, 15) is 0 Å². The molecule has 0 amide bonds. The Labute approximate surface area is 162 Å². The van der Waals surface area contributed by atoms with E-state index in [4.69, 9.17) is 9.47 Å². The molecule has 5 nitrogen and oxygen atoms in total. The molecule has 0 bridgehead atoms. The number of para-hydroxylation sites is 2. The lowest BCUT2D eigenvalue weighted by Crippen LogP contribution is -2.38. The maximum atomic E-state index is 5.93. The van der Waals surface area contributed by atoms with Crippen LogP contribution in [-0.2, 0) is 0 Å². The first kappa shape index (κ1) is 20.9. The Morgan fingerprint density at radius 3 is 2.58 bits per heavy atom. The zero-order chi connectivity index (χ0) is 16.5. The fourth-order valence-corrected chi connectivity index (χ4v) is 2.33. The largest absolute Gasteiger partial charge is 0.493 e. The molecule has 1 aliphatic carbocycles. The smallest absolute Gasteiger partial charge is 0.191 e. The molecule has 6 heteroatoms. The van der Waals surface area contributed by atoms with Crippen LogP contribution < -0.4 is 20.1 Å². The van der Waals surface area contributed by atoms with Crippen LogP contribution in [-0.4, -0.2) is 38.8 Å². The zero-order valence-electron chi connectivity index (χ0n) is 14.9. The Bertz CT molecular complexity index is 507. The van der Waals surface area contributed by atoms with E-state index < -0.39 is 0 Å². The summed E-state index contributed by atoms with van der Waals surface area (Å²) in [4.78, 5) is 4.61. The van der Waals surface area contributed by atoms with Gasteiger partial charge in [0.1, 0.15) is 6.10 Å². The standard InChI is InChI=1S/C18H29N3O2.HI/c1-4-19-18(20-12-11-15-9-10-15)21-13-14(2)23-17-8-6-5-7-16(17)22-3;/h5-8,14-15H,4,9-13H2,1-3H3,(H2,19,20,21);1H. The molecular weight excluding hydrogens is 417 g/mol. The number of nitrogens with one attached hydrogen (secondary N) is 2. The van der Waals surface area contributed by atoms with E-state index in [2.05, 4.69) is 22.5 Å². The van der Waals surface area contributed by atoms with Crippen molar-refractivity contribution in [2.24, 2.45) is 10.9 Å². The molecule has 1 atom stereocenters. The highest BCUT2D eigenvalue weighted by molar-refractivity contribution is 14.0. The number of hydrogen-bond acceptors (Lipinski definition) is 3. The number of hydrogen-bond donors (Lipinski definition) is 2. The fraction of sp³-hybridized carbons (Fsp3) is 0.611. The molecule has 0 saturated heterocycles. The van der Waals surface area contributed by atoms with Crippen molar-refractivity contribution >= 4 is 29.9 Å². The Morgan fingerprint density at radius 2 is 1.96 bits per heavy atom. The quantitative estimate of drug-likeness (QED) is 0.346. The number of benzene rings is 1. The Kier molecular flexibility index (Phi) is 9.90. The van der Waals surface area contributed by atoms with Crippen LogP contribution in [0.4, 0.5) is 0 Å². The van der Waals surface area contributed by atoms with Crippen molar-refractivity contribution in [3.8, 4) is 11.5 Å². The second kappa shape index (κ2) is 11.4. The SMILES string of the molecule is CCNC(=NCC(C)Oc1ccccc1OC)NCCC1CC1.I. The van der Waals surface area contributed by atoms with Gasteiger partial charge >= 0.3 is 0 Å². The van der Waals surface area contributed by atoms with Crippen molar-refractivity contribution in [2.45, 2.75) is 39.2 Å². The molecule has 0 heterocycles. The monoisotopic (exact) mass is 447 g/mol. The van der Waals surface area contributed by atoms with Crippen molar-refractivity contribution in [1.82, 2.24) is 10.6 Å². The van der Waals surface area contributed by atoms with E-state index in [1.54, 1.807) is 7.11 Å². The van der Waals surface area contributed by atoms with Gasteiger partial charge in [0.05, 0.1) is 13.7 Å². The van der Waals surface area contributed by atoms with Crippen LogP contribution in [0.25, 0.3) is 0 Å². The second-order valence-electron chi connectivity index (χ2n) is 5.96. The highest BCUT2D eigenvalue weighted by Crippen LogP contribution is 2.31. The summed E-state index contributed by atoms with van der Waals surface area (Å²) >= 11 is 0. The number of methoxy groups -OCH3 is 1. The van der Waals surface area contributed by atoms with Crippen LogP contribution in [0, 0.1) is 5.92 Å². The average Bonchev–Trinajstić information content (AvgIpc) is 3.37. The highest BCUT2D eigenvalue weighted by Gasteiger charge is 2.20. The normalized spacial score (nSPS) is 15.2. The van der Waals surface area contributed by atoms with E-state index >= 15 is 0 Å². The number of rotatable bonds is 9. The average molecular weight is 447 g/mol. The molecular formula is C18H30IN3O2. The van der Waals surface area contributed by atoms with Crippen molar-refractivity contribution in [2.75, 3.05) is 26.7 Å². The van der Waals surface area contributed by atoms with Crippen LogP contribution in [0.3, 0.4) is 0 Å². The van der Waals surface area contributed by atoms with Crippen LogP contribution in [0.1, 0.15) is 33.1 Å². The molecule has 0 radical (unpaired) electrons. The van der Waals surface area contributed by atoms with Crippen LogP contribution in [0.2, 0.25) is 0 Å². The van der Waals surface area contributed by atoms with Crippen LogP contribution in [0.15, 0.2) is 29.3 Å². The van der Waals surface area contributed by atoms with Crippen molar-refractivity contribution < 1.29 is 9.47 Å². The third-order valence-electron chi connectivity index (χ3n) is 3.79. The van der Waals surface area contributed by atoms with E-state index in [1.807, 2.05) is 31.2 Å². The number of guanidine groups is 1. The molecule has 1 fully saturated rings. The number of ether oxygens (including phenoxy) is 2. The van der Waals surface area contributed by atoms with E-state index in [1.165, 1.54) is 19.3 Å². The van der Waals surface area contributed by atoms with Crippen LogP contribution in [0.5, 0.6) is 11.5 Å². The third kappa shape index (κ3) is 7.59. The predicted molar refractivity (Wildman–Crippen MR) is 110 cm³/mol. The maximum Gasteiger partial charge on any atom is 0.191 e. The fourth-order valence-electron chi connectivity index (χ4n) is 2.33. The summed E-state index contributed by atoms with van der Waals surface area (Å²) in [5.41, 5.74) is 0. The van der Waals surface area contributed by atoms with Crippen LogP contribution >= 0.6 is 24.0 Å². The molecule has 24 heavy (non-hydrogen) atoms. The van der Waals surface area contributed by atoms with Crippen molar-refractivity contribution in [3.63, 3.8) is 0 Å². The molecule has 0 spiro atoms. The third-order valence-corrected chi connectivity index (χ3v) is 3.79. The number of halogens is 1. The molecule has 0 aliphatic heterocycles. The molecule has 1 aromatic carbocycles. The molecule has 0 aromatic heterocycles. The molecule has 2 rings (SSSR count). The number of aliphatic imine (C=N–C) groups is 1. The van der Waals surface area contributed by atoms with Crippen molar-refractivity contribution in [3.05, 3.63) is 24.3 Å². The Hall–Kier alpha value is -1.18. The summed E-state index contributed by atoms with van der Waals surface area (Å²) in [6.07, 6.45) is 3.99. The zero-order valence-corrected chi connectivity index (χ0v) is 17.2. The maximum absolute atomic E-state index is 5.93. The Morgan fingerprint density at radius 1 is 1.25 bits per heavy atom. The summed E-state index contributed by atoms with van der Waals surface area (Å²) < 4.78 is 11.2. The van der Waals surface area contributed by atoms with Gasteiger partial charge in [-0.3, -0.25) is 0 Å². The second-order valence-corrected chi connectivity index (χ2v) is 5.96. The summed E-state index contributed by atoms with van der Waals surface area (Å²) in [6, 6.07) is 7.69. The van der Waals surface area contributed by atoms with E-state index in [0.717, 1.165) is 36.5 Å². The summed E-state index contributed by atoms with van der Waals surface area (Å²) in [5, 5.41) is 6.67. The highest BCUT2D eigenvalue weighted by atomic mass is 127. The van der Waals surface area contributed by atoms with Gasteiger partial charge in [0.25, 0.3) is 0 Å². The van der Waals surface area contributed by atoms with E-state index in [0.29, 0.717) is 6.54 Å². The Balaban J connectivity index is 0.00000288. The summed E-state index contributed by atoms with van der Waals surface area (Å²) in [5.74, 6) is 3.30. The van der Waals surface area contributed by atoms with Gasteiger partial charge in [0.2, 0.25) is 0 Å². The lowest BCUT2D eigenvalue weighted by atomic mass is 10.3. The van der Waals surface area contributed by atoms with Crippen molar-refractivity contribution in [1.29, 1.82) is 0 Å². The molecule has 1 unspecified atom stereocenters. The molecule has 1 saturated carbocycles. The minimum Gasteiger partial charge on any atom is -0.493 e. The molecule has 136 valence electrons. The van der Waals surface area contributed by atoms with Gasteiger partial charge in [-0.25, -0.2) is 4.99 Å². The first-order valence-corrected chi connectivity index (χ1v) is 8.54. The lowest BCUT2D eigenvalue weighted by Gasteiger charge is -2.16. The van der Waals surface area contributed by atoms with Gasteiger partial charge in [0.15, 0.2) is 17.5 Å². The lowest BCUT2D eigenvalue weighted by molar-refractivity contribution is 0.219. The van der Waals surface area contributed by atoms with Gasteiger partial charge in [-0.15, -0.1) is 24.0 Å². The summed E-state index contributed by atoms with van der Waals surface area (Å²) in [7, 11) is 1.65.